The van der Waals surface area contributed by atoms with Crippen LogP contribution in [0.4, 0.5) is 0 Å². The molecule has 0 amide bonds. The molecule has 0 aliphatic carbocycles. The van der Waals surface area contributed by atoms with Gasteiger partial charge in [-0.2, -0.15) is 0 Å². The number of esters is 1. The Labute approximate surface area is 97.5 Å². The van der Waals surface area contributed by atoms with Crippen LogP contribution in [0.2, 0.25) is 0 Å². The third-order valence-electron chi connectivity index (χ3n) is 2.40. The Kier molecular flexibility index (Phi) is 7.33. The monoisotopic (exact) mass is 251 g/mol. The normalized spacial score (nSPS) is 13.4. The number of unbranched alkanes of at least 4 members (excludes halogenated alkanes) is 1. The van der Waals surface area contributed by atoms with E-state index in [9.17, 15) is 13.2 Å². The topological polar surface area (TPSA) is 72.5 Å². The molecule has 96 valence electrons. The Morgan fingerprint density at radius 3 is 2.50 bits per heavy atom. The molecule has 0 saturated heterocycles. The average Bonchev–Trinajstić information content (AvgIpc) is 2.23. The Bertz CT molecular complexity index is 300. The highest BCUT2D eigenvalue weighted by Crippen LogP contribution is 2.03. The molecule has 0 bridgehead atoms. The summed E-state index contributed by atoms with van der Waals surface area (Å²) in [6.07, 6.45) is 2.36. The third kappa shape index (κ3) is 7.64. The van der Waals surface area contributed by atoms with Crippen molar-refractivity contribution in [2.24, 2.45) is 0 Å². The van der Waals surface area contributed by atoms with Crippen LogP contribution in [0.1, 0.15) is 26.2 Å². The first-order chi connectivity index (χ1) is 7.41. The van der Waals surface area contributed by atoms with Gasteiger partial charge in [0.25, 0.3) is 0 Å². The number of rotatable bonds is 8. The standard InChI is InChI=1S/C10H21NO4S/c1-9(11-2)6-4-5-7-16(13,14)8-10(12)15-3/h9,11H,4-8H2,1-3H3. The molecule has 0 rings (SSSR count). The molecule has 0 aromatic rings. The van der Waals surface area contributed by atoms with Crippen LogP contribution >= 0.6 is 0 Å². The number of nitrogens with one attached hydrogen (secondary N) is 1. The van der Waals surface area contributed by atoms with Crippen LogP contribution in [0, 0.1) is 0 Å². The van der Waals surface area contributed by atoms with E-state index in [1.807, 2.05) is 14.0 Å². The maximum Gasteiger partial charge on any atom is 0.320 e. The van der Waals surface area contributed by atoms with Crippen LogP contribution < -0.4 is 5.32 Å². The van der Waals surface area contributed by atoms with Gasteiger partial charge in [0.15, 0.2) is 9.84 Å². The highest BCUT2D eigenvalue weighted by Gasteiger charge is 2.16. The molecule has 0 fully saturated rings. The van der Waals surface area contributed by atoms with Crippen molar-refractivity contribution in [1.82, 2.24) is 5.32 Å². The summed E-state index contributed by atoms with van der Waals surface area (Å²) in [5.74, 6) is -1.15. The Morgan fingerprint density at radius 1 is 1.38 bits per heavy atom. The average molecular weight is 251 g/mol. The molecule has 1 unspecified atom stereocenters. The lowest BCUT2D eigenvalue weighted by Gasteiger charge is -2.09. The summed E-state index contributed by atoms with van der Waals surface area (Å²) in [4.78, 5) is 10.8. The summed E-state index contributed by atoms with van der Waals surface area (Å²) in [7, 11) is -0.232. The molecule has 0 heterocycles. The summed E-state index contributed by atoms with van der Waals surface area (Å²) in [5.41, 5.74) is 0. The van der Waals surface area contributed by atoms with Gasteiger partial charge in [0.1, 0.15) is 5.75 Å². The lowest BCUT2D eigenvalue weighted by Crippen LogP contribution is -2.22. The Morgan fingerprint density at radius 2 is 2.00 bits per heavy atom. The molecule has 6 heteroatoms. The van der Waals surface area contributed by atoms with E-state index in [4.69, 9.17) is 0 Å². The Balaban J connectivity index is 3.79. The van der Waals surface area contributed by atoms with Crippen LogP contribution in [0.25, 0.3) is 0 Å². The first kappa shape index (κ1) is 15.4. The fourth-order valence-corrected chi connectivity index (χ4v) is 2.49. The summed E-state index contributed by atoms with van der Waals surface area (Å²) in [5, 5.41) is 3.08. The van der Waals surface area contributed by atoms with Crippen molar-refractivity contribution < 1.29 is 17.9 Å². The van der Waals surface area contributed by atoms with Gasteiger partial charge in [-0.15, -0.1) is 0 Å². The van der Waals surface area contributed by atoms with E-state index in [0.717, 1.165) is 12.8 Å². The van der Waals surface area contributed by atoms with Gasteiger partial charge in [0.05, 0.1) is 12.9 Å². The molecular weight excluding hydrogens is 230 g/mol. The molecule has 0 aromatic heterocycles. The van der Waals surface area contributed by atoms with Gasteiger partial charge in [-0.3, -0.25) is 4.79 Å². The van der Waals surface area contributed by atoms with Crippen molar-refractivity contribution >= 4 is 15.8 Å². The lowest BCUT2D eigenvalue weighted by molar-refractivity contribution is -0.137. The van der Waals surface area contributed by atoms with Crippen molar-refractivity contribution in [3.63, 3.8) is 0 Å². The van der Waals surface area contributed by atoms with Gasteiger partial charge >= 0.3 is 5.97 Å². The number of carbonyl (C=O) groups is 1. The second-order valence-electron chi connectivity index (χ2n) is 3.85. The van der Waals surface area contributed by atoms with Crippen molar-refractivity contribution in [1.29, 1.82) is 0 Å². The van der Waals surface area contributed by atoms with Crippen molar-refractivity contribution in [3.05, 3.63) is 0 Å². The predicted molar refractivity (Wildman–Crippen MR) is 63.0 cm³/mol. The van der Waals surface area contributed by atoms with Crippen molar-refractivity contribution in [2.75, 3.05) is 25.7 Å². The molecule has 1 N–H and O–H groups in total. The fourth-order valence-electron chi connectivity index (χ4n) is 1.23. The number of ether oxygens (including phenoxy) is 1. The minimum atomic E-state index is -3.29. The number of hydrogen-bond acceptors (Lipinski definition) is 5. The van der Waals surface area contributed by atoms with Gasteiger partial charge in [0, 0.05) is 6.04 Å². The third-order valence-corrected chi connectivity index (χ3v) is 3.99. The minimum Gasteiger partial charge on any atom is -0.468 e. The SMILES string of the molecule is CNC(C)CCCCS(=O)(=O)CC(=O)OC. The van der Waals surface area contributed by atoms with Gasteiger partial charge in [0.2, 0.25) is 0 Å². The summed E-state index contributed by atoms with van der Waals surface area (Å²) in [6.45, 7) is 2.04. The van der Waals surface area contributed by atoms with Gasteiger partial charge < -0.3 is 10.1 Å². The first-order valence-corrected chi connectivity index (χ1v) is 7.18. The summed E-state index contributed by atoms with van der Waals surface area (Å²) >= 11 is 0. The fraction of sp³-hybridized carbons (Fsp3) is 0.900. The molecule has 0 aliphatic rings. The van der Waals surface area contributed by atoms with Crippen LogP contribution in [-0.2, 0) is 19.4 Å². The Hall–Kier alpha value is -0.620. The maximum atomic E-state index is 11.4. The van der Waals surface area contributed by atoms with E-state index in [-0.39, 0.29) is 5.75 Å². The van der Waals surface area contributed by atoms with Crippen LogP contribution in [0.5, 0.6) is 0 Å². The highest BCUT2D eigenvalue weighted by atomic mass is 32.2. The maximum absolute atomic E-state index is 11.4. The van der Waals surface area contributed by atoms with Gasteiger partial charge in [-0.05, 0) is 26.8 Å². The number of sulfone groups is 1. The molecule has 0 aromatic carbocycles. The molecule has 0 saturated carbocycles. The summed E-state index contributed by atoms with van der Waals surface area (Å²) < 4.78 is 27.1. The highest BCUT2D eigenvalue weighted by molar-refractivity contribution is 7.92. The second kappa shape index (κ2) is 7.62. The molecule has 1 atom stereocenters. The minimum absolute atomic E-state index is 0.0541. The molecule has 5 nitrogen and oxygen atoms in total. The quantitative estimate of drug-likeness (QED) is 0.498. The zero-order valence-corrected chi connectivity index (χ0v) is 11.0. The van der Waals surface area contributed by atoms with Crippen LogP contribution in [0.3, 0.4) is 0 Å². The molecule has 0 aliphatic heterocycles. The zero-order valence-electron chi connectivity index (χ0n) is 10.2. The number of hydrogen-bond donors (Lipinski definition) is 1. The molecule has 16 heavy (non-hydrogen) atoms. The van der Waals surface area contributed by atoms with E-state index in [2.05, 4.69) is 10.1 Å². The van der Waals surface area contributed by atoms with E-state index < -0.39 is 21.6 Å². The van der Waals surface area contributed by atoms with Crippen molar-refractivity contribution in [2.45, 2.75) is 32.2 Å². The van der Waals surface area contributed by atoms with E-state index in [0.29, 0.717) is 12.5 Å². The van der Waals surface area contributed by atoms with E-state index in [1.165, 1.54) is 7.11 Å². The largest absolute Gasteiger partial charge is 0.468 e. The van der Waals surface area contributed by atoms with Crippen LogP contribution in [0.15, 0.2) is 0 Å². The smallest absolute Gasteiger partial charge is 0.320 e. The molecule has 0 spiro atoms. The second-order valence-corrected chi connectivity index (χ2v) is 6.04. The van der Waals surface area contributed by atoms with Crippen LogP contribution in [-0.4, -0.2) is 46.1 Å². The molecule has 0 radical (unpaired) electrons. The van der Waals surface area contributed by atoms with Gasteiger partial charge in [-0.25, -0.2) is 8.42 Å². The van der Waals surface area contributed by atoms with Crippen molar-refractivity contribution in [3.8, 4) is 0 Å². The molecular formula is C10H21NO4S. The lowest BCUT2D eigenvalue weighted by atomic mass is 10.1. The summed E-state index contributed by atoms with van der Waals surface area (Å²) in [6, 6.07) is 0.392. The van der Waals surface area contributed by atoms with E-state index in [1.54, 1.807) is 0 Å². The number of methoxy groups -OCH3 is 1. The predicted octanol–water partition coefficient (Wildman–Crippen LogP) is 0.352. The number of carbonyl (C=O) groups excluding carboxylic acids is 1. The first-order valence-electron chi connectivity index (χ1n) is 5.36. The van der Waals surface area contributed by atoms with Gasteiger partial charge in [-0.1, -0.05) is 6.42 Å². The van der Waals surface area contributed by atoms with E-state index >= 15 is 0 Å². The zero-order chi connectivity index (χ0) is 12.6.